The van der Waals surface area contributed by atoms with Crippen molar-refractivity contribution in [3.05, 3.63) is 93.0 Å². The first-order valence-corrected chi connectivity index (χ1v) is 11.6. The third kappa shape index (κ3) is 7.31. The van der Waals surface area contributed by atoms with Crippen LogP contribution in [0.2, 0.25) is 10.0 Å². The number of rotatable bonds is 9. The average Bonchev–Trinajstić information content (AvgIpc) is 2.84. The quantitative estimate of drug-likeness (QED) is 0.180. The van der Waals surface area contributed by atoms with Crippen LogP contribution in [0.25, 0.3) is 0 Å². The zero-order chi connectivity index (χ0) is 26.1. The molecule has 0 fully saturated rings. The van der Waals surface area contributed by atoms with Crippen LogP contribution in [0.5, 0.6) is 11.5 Å². The van der Waals surface area contributed by atoms with E-state index in [0.29, 0.717) is 28.5 Å². The number of aryl methyl sites for hydroxylation is 1. The zero-order valence-corrected chi connectivity index (χ0v) is 21.0. The number of carbonyl (C=O) groups is 3. The summed E-state index contributed by atoms with van der Waals surface area (Å²) in [6, 6.07) is 16.3. The van der Waals surface area contributed by atoms with Crippen LogP contribution in [0.1, 0.15) is 38.8 Å². The van der Waals surface area contributed by atoms with E-state index < -0.39 is 11.9 Å². The first kappa shape index (κ1) is 26.7. The first-order chi connectivity index (χ1) is 17.3. The number of esters is 1. The molecule has 0 bridgehead atoms. The number of hydrogen-bond donors (Lipinski definition) is 2. The number of benzene rings is 3. The normalized spacial score (nSPS) is 10.7. The topological polar surface area (TPSA) is 106 Å². The molecule has 186 valence electrons. The predicted molar refractivity (Wildman–Crippen MR) is 138 cm³/mol. The minimum atomic E-state index is -0.668. The van der Waals surface area contributed by atoms with Gasteiger partial charge in [0.2, 0.25) is 0 Å². The highest BCUT2D eigenvalue weighted by molar-refractivity contribution is 6.36. The third-order valence-electron chi connectivity index (χ3n) is 4.82. The molecule has 2 amide bonds. The fourth-order valence-electron chi connectivity index (χ4n) is 3.07. The molecule has 0 radical (unpaired) electrons. The van der Waals surface area contributed by atoms with Crippen LogP contribution in [0, 0.1) is 6.92 Å². The molecule has 3 aromatic rings. The highest BCUT2D eigenvalue weighted by atomic mass is 35.5. The zero-order valence-electron chi connectivity index (χ0n) is 19.5. The maximum absolute atomic E-state index is 12.5. The van der Waals surface area contributed by atoms with E-state index >= 15 is 0 Å². The summed E-state index contributed by atoms with van der Waals surface area (Å²) in [5, 5.41) is 7.02. The molecule has 2 N–H and O–H groups in total. The lowest BCUT2D eigenvalue weighted by Gasteiger charge is -2.12. The summed E-state index contributed by atoms with van der Waals surface area (Å²) < 4.78 is 11.0. The van der Waals surface area contributed by atoms with Gasteiger partial charge in [0.15, 0.2) is 11.5 Å². The second-order valence-electron chi connectivity index (χ2n) is 7.44. The molecule has 0 atom stereocenters. The number of hydrogen-bond acceptors (Lipinski definition) is 6. The van der Waals surface area contributed by atoms with Gasteiger partial charge in [-0.15, -0.1) is 0 Å². The maximum Gasteiger partial charge on any atom is 0.345 e. The van der Waals surface area contributed by atoms with Crippen LogP contribution < -0.4 is 20.2 Å². The molecule has 0 aromatic heterocycles. The summed E-state index contributed by atoms with van der Waals surface area (Å²) in [4.78, 5) is 36.8. The van der Waals surface area contributed by atoms with Gasteiger partial charge < -0.3 is 14.8 Å². The van der Waals surface area contributed by atoms with Gasteiger partial charge in [-0.2, -0.15) is 5.10 Å². The van der Waals surface area contributed by atoms with Crippen molar-refractivity contribution >= 4 is 47.2 Å². The van der Waals surface area contributed by atoms with Crippen molar-refractivity contribution < 1.29 is 23.9 Å². The molecule has 0 heterocycles. The van der Waals surface area contributed by atoms with Gasteiger partial charge in [-0.3, -0.25) is 9.59 Å². The van der Waals surface area contributed by atoms with Gasteiger partial charge in [0.25, 0.3) is 11.8 Å². The largest absolute Gasteiger partial charge is 0.490 e. The Balaban J connectivity index is 1.60. The van der Waals surface area contributed by atoms with E-state index in [1.54, 1.807) is 31.2 Å². The number of amides is 2. The van der Waals surface area contributed by atoms with E-state index in [-0.39, 0.29) is 28.8 Å². The second-order valence-corrected chi connectivity index (χ2v) is 8.29. The standard InChI is InChI=1S/C26H23Cl2N3O5/c1-3-35-23-12-17(8-11-22(23)36-26(34)20-10-9-18(27)13-21(20)28)14-30-31-24(32)15-29-25(33)19-7-5-4-6-16(19)2/h4-14H,3,15H2,1-2H3,(H,29,33)(H,31,32). The highest BCUT2D eigenvalue weighted by Gasteiger charge is 2.16. The summed E-state index contributed by atoms with van der Waals surface area (Å²) in [6.45, 7) is 3.68. The van der Waals surface area contributed by atoms with Crippen molar-refractivity contribution in [3.63, 3.8) is 0 Å². The molecular formula is C26H23Cl2N3O5. The fraction of sp³-hybridized carbons (Fsp3) is 0.154. The maximum atomic E-state index is 12.5. The number of nitrogens with one attached hydrogen (secondary N) is 2. The van der Waals surface area contributed by atoms with Gasteiger partial charge in [0.1, 0.15) is 0 Å². The number of halogens is 2. The summed E-state index contributed by atoms with van der Waals surface area (Å²) in [6.07, 6.45) is 1.39. The van der Waals surface area contributed by atoms with Crippen molar-refractivity contribution in [2.75, 3.05) is 13.2 Å². The van der Waals surface area contributed by atoms with Gasteiger partial charge in [0, 0.05) is 10.6 Å². The van der Waals surface area contributed by atoms with Crippen LogP contribution in [0.3, 0.4) is 0 Å². The molecule has 3 aromatic carbocycles. The number of carbonyl (C=O) groups excluding carboxylic acids is 3. The van der Waals surface area contributed by atoms with Gasteiger partial charge in [-0.1, -0.05) is 41.4 Å². The fourth-order valence-corrected chi connectivity index (χ4v) is 3.55. The third-order valence-corrected chi connectivity index (χ3v) is 5.37. The van der Waals surface area contributed by atoms with E-state index in [0.717, 1.165) is 5.56 Å². The van der Waals surface area contributed by atoms with Crippen molar-refractivity contribution in [1.82, 2.24) is 10.7 Å². The van der Waals surface area contributed by atoms with E-state index in [2.05, 4.69) is 15.8 Å². The van der Waals surface area contributed by atoms with E-state index in [1.807, 2.05) is 19.1 Å². The Labute approximate surface area is 218 Å². The lowest BCUT2D eigenvalue weighted by atomic mass is 10.1. The van der Waals surface area contributed by atoms with Crippen molar-refractivity contribution in [3.8, 4) is 11.5 Å². The molecule has 0 saturated carbocycles. The van der Waals surface area contributed by atoms with Gasteiger partial charge in [0.05, 0.1) is 30.0 Å². The van der Waals surface area contributed by atoms with E-state index in [9.17, 15) is 14.4 Å². The van der Waals surface area contributed by atoms with Crippen molar-refractivity contribution in [2.45, 2.75) is 13.8 Å². The molecule has 36 heavy (non-hydrogen) atoms. The summed E-state index contributed by atoms with van der Waals surface area (Å²) in [5.41, 5.74) is 4.39. The highest BCUT2D eigenvalue weighted by Crippen LogP contribution is 2.30. The monoisotopic (exact) mass is 527 g/mol. The molecular weight excluding hydrogens is 505 g/mol. The number of hydrazone groups is 1. The van der Waals surface area contributed by atoms with E-state index in [4.69, 9.17) is 32.7 Å². The van der Waals surface area contributed by atoms with Gasteiger partial charge in [-0.25, -0.2) is 10.2 Å². The second kappa shape index (κ2) is 12.7. The van der Waals surface area contributed by atoms with Crippen LogP contribution in [-0.2, 0) is 4.79 Å². The Kier molecular flexibility index (Phi) is 9.44. The smallest absolute Gasteiger partial charge is 0.345 e. The van der Waals surface area contributed by atoms with E-state index in [1.165, 1.54) is 30.5 Å². The summed E-state index contributed by atoms with van der Waals surface area (Å²) in [5.74, 6) is -1.02. The predicted octanol–water partition coefficient (Wildman–Crippen LogP) is 4.80. The Bertz CT molecular complexity index is 1310. The minimum Gasteiger partial charge on any atom is -0.490 e. The molecule has 0 spiro atoms. The van der Waals surface area contributed by atoms with Crippen LogP contribution >= 0.6 is 23.2 Å². The van der Waals surface area contributed by atoms with Crippen LogP contribution in [0.15, 0.2) is 65.8 Å². The Morgan fingerprint density at radius 2 is 1.75 bits per heavy atom. The minimum absolute atomic E-state index is 0.159. The molecule has 0 saturated heterocycles. The number of ether oxygens (including phenoxy) is 2. The number of nitrogens with zero attached hydrogens (tertiary/aromatic N) is 1. The summed E-state index contributed by atoms with van der Waals surface area (Å²) >= 11 is 12.0. The van der Waals surface area contributed by atoms with Crippen molar-refractivity contribution in [1.29, 1.82) is 0 Å². The molecule has 0 unspecified atom stereocenters. The van der Waals surface area contributed by atoms with Gasteiger partial charge in [-0.05, 0) is 67.4 Å². The molecule has 10 heteroatoms. The van der Waals surface area contributed by atoms with Gasteiger partial charge >= 0.3 is 5.97 Å². The SMILES string of the molecule is CCOc1cc(C=NNC(=O)CNC(=O)c2ccccc2C)ccc1OC(=O)c1ccc(Cl)cc1Cl. The molecule has 0 aliphatic heterocycles. The lowest BCUT2D eigenvalue weighted by Crippen LogP contribution is -2.35. The van der Waals surface area contributed by atoms with Crippen LogP contribution in [0.4, 0.5) is 0 Å². The Hall–Kier alpha value is -3.88. The molecule has 0 aliphatic rings. The molecule has 3 rings (SSSR count). The van der Waals surface area contributed by atoms with Crippen molar-refractivity contribution in [2.24, 2.45) is 5.10 Å². The summed E-state index contributed by atoms with van der Waals surface area (Å²) in [7, 11) is 0. The Morgan fingerprint density at radius 1 is 0.972 bits per heavy atom. The molecule has 8 nitrogen and oxygen atoms in total. The Morgan fingerprint density at radius 3 is 2.47 bits per heavy atom. The lowest BCUT2D eigenvalue weighted by molar-refractivity contribution is -0.120. The molecule has 0 aliphatic carbocycles. The first-order valence-electron chi connectivity index (χ1n) is 10.9. The average molecular weight is 528 g/mol. The van der Waals surface area contributed by atoms with Crippen LogP contribution in [-0.4, -0.2) is 37.1 Å².